The maximum Gasteiger partial charge on any atom is 0.258 e. The number of hydrogen-bond donors (Lipinski definition) is 0. The van der Waals surface area contributed by atoms with E-state index in [0.29, 0.717) is 40.6 Å². The van der Waals surface area contributed by atoms with Crippen LogP contribution in [0.25, 0.3) is 0 Å². The van der Waals surface area contributed by atoms with E-state index in [-0.39, 0.29) is 11.7 Å². The van der Waals surface area contributed by atoms with E-state index in [9.17, 15) is 9.59 Å². The fourth-order valence-corrected chi connectivity index (χ4v) is 2.65. The highest BCUT2D eigenvalue weighted by Gasteiger charge is 2.28. The van der Waals surface area contributed by atoms with Crippen molar-refractivity contribution in [1.29, 1.82) is 0 Å². The first-order chi connectivity index (χ1) is 10.6. The number of ketones is 1. The Morgan fingerprint density at radius 2 is 1.91 bits per heavy atom. The predicted molar refractivity (Wildman–Crippen MR) is 85.1 cm³/mol. The number of Topliss-reactive ketones (excluding diaryl/α,β-unsaturated/α-hetero) is 1. The highest BCUT2D eigenvalue weighted by Crippen LogP contribution is 2.31. The van der Waals surface area contributed by atoms with Crippen molar-refractivity contribution in [2.45, 2.75) is 6.42 Å². The molecule has 0 N–H and O–H groups in total. The van der Waals surface area contributed by atoms with Gasteiger partial charge in [0.15, 0.2) is 5.78 Å². The van der Waals surface area contributed by atoms with Crippen molar-refractivity contribution in [1.82, 2.24) is 0 Å². The average molecular weight is 316 g/mol. The molecule has 112 valence electrons. The van der Waals surface area contributed by atoms with Gasteiger partial charge in [-0.25, -0.2) is 0 Å². The van der Waals surface area contributed by atoms with Gasteiger partial charge < -0.3 is 9.64 Å². The molecule has 0 spiro atoms. The molecule has 0 bridgehead atoms. The van der Waals surface area contributed by atoms with Crippen LogP contribution in [0.15, 0.2) is 42.5 Å². The Labute approximate surface area is 133 Å². The van der Waals surface area contributed by atoms with E-state index in [0.717, 1.165) is 0 Å². The summed E-state index contributed by atoms with van der Waals surface area (Å²) >= 11 is 5.85. The fourth-order valence-electron chi connectivity index (χ4n) is 2.53. The molecular formula is C17H14ClNO3. The highest BCUT2D eigenvalue weighted by molar-refractivity contribution is 6.30. The SMILES string of the molecule is COc1ccc2c(c1)C(=O)CCN2C(=O)c1ccc(Cl)cc1. The van der Waals surface area contributed by atoms with Crippen LogP contribution in [0.5, 0.6) is 5.75 Å². The minimum Gasteiger partial charge on any atom is -0.497 e. The number of fused-ring (bicyclic) bond motifs is 1. The number of hydrogen-bond acceptors (Lipinski definition) is 3. The summed E-state index contributed by atoms with van der Waals surface area (Å²) < 4.78 is 5.15. The van der Waals surface area contributed by atoms with Crippen molar-refractivity contribution in [3.05, 3.63) is 58.6 Å². The van der Waals surface area contributed by atoms with Gasteiger partial charge in [0.1, 0.15) is 5.75 Å². The summed E-state index contributed by atoms with van der Waals surface area (Å²) in [6.07, 6.45) is 0.305. The first-order valence-electron chi connectivity index (χ1n) is 6.89. The number of amides is 1. The molecule has 0 saturated heterocycles. The van der Waals surface area contributed by atoms with Crippen molar-refractivity contribution < 1.29 is 14.3 Å². The average Bonchev–Trinajstić information content (AvgIpc) is 2.55. The second kappa shape index (κ2) is 5.81. The lowest BCUT2D eigenvalue weighted by molar-refractivity contribution is 0.0955. The zero-order valence-corrected chi connectivity index (χ0v) is 12.8. The largest absolute Gasteiger partial charge is 0.497 e. The summed E-state index contributed by atoms with van der Waals surface area (Å²) in [5.74, 6) is 0.484. The second-order valence-electron chi connectivity index (χ2n) is 5.02. The molecule has 2 aromatic rings. The van der Waals surface area contributed by atoms with Gasteiger partial charge in [0.2, 0.25) is 0 Å². The van der Waals surface area contributed by atoms with Crippen molar-refractivity contribution in [2.24, 2.45) is 0 Å². The number of anilines is 1. The second-order valence-corrected chi connectivity index (χ2v) is 5.46. The van der Waals surface area contributed by atoms with Crippen LogP contribution in [0, 0.1) is 0 Å². The Morgan fingerprint density at radius 3 is 2.59 bits per heavy atom. The first-order valence-corrected chi connectivity index (χ1v) is 7.26. The molecule has 3 rings (SSSR count). The Hall–Kier alpha value is -2.33. The Bertz CT molecular complexity index is 740. The van der Waals surface area contributed by atoms with Crippen LogP contribution >= 0.6 is 11.6 Å². The van der Waals surface area contributed by atoms with E-state index in [4.69, 9.17) is 16.3 Å². The lowest BCUT2D eigenvalue weighted by atomic mass is 9.99. The number of ether oxygens (including phenoxy) is 1. The van der Waals surface area contributed by atoms with Gasteiger partial charge in [-0.05, 0) is 42.5 Å². The summed E-state index contributed by atoms with van der Waals surface area (Å²) in [4.78, 5) is 26.4. The van der Waals surface area contributed by atoms with Crippen LogP contribution in [0.1, 0.15) is 27.1 Å². The molecule has 0 aromatic heterocycles. The summed E-state index contributed by atoms with van der Waals surface area (Å²) in [6, 6.07) is 11.9. The quantitative estimate of drug-likeness (QED) is 0.851. The standard InChI is InChI=1S/C17H14ClNO3/c1-22-13-6-7-15-14(10-13)16(20)8-9-19(15)17(21)11-2-4-12(18)5-3-11/h2-7,10H,8-9H2,1H3. The highest BCUT2D eigenvalue weighted by atomic mass is 35.5. The maximum absolute atomic E-state index is 12.7. The van der Waals surface area contributed by atoms with Crippen molar-refractivity contribution in [2.75, 3.05) is 18.6 Å². The molecule has 5 heteroatoms. The van der Waals surface area contributed by atoms with Crippen molar-refractivity contribution >= 4 is 29.0 Å². The zero-order chi connectivity index (χ0) is 15.7. The van der Waals surface area contributed by atoms with E-state index >= 15 is 0 Å². The van der Waals surface area contributed by atoms with Crippen LogP contribution in [-0.4, -0.2) is 25.3 Å². The zero-order valence-electron chi connectivity index (χ0n) is 12.0. The first kappa shape index (κ1) is 14.6. The van der Waals surface area contributed by atoms with Crippen molar-refractivity contribution in [3.63, 3.8) is 0 Å². The van der Waals surface area contributed by atoms with E-state index in [1.165, 1.54) is 0 Å². The molecule has 4 nitrogen and oxygen atoms in total. The Kier molecular flexibility index (Phi) is 3.86. The third-order valence-corrected chi connectivity index (χ3v) is 3.95. The third kappa shape index (κ3) is 2.57. The topological polar surface area (TPSA) is 46.6 Å². The monoisotopic (exact) mass is 315 g/mol. The molecular weight excluding hydrogens is 302 g/mol. The minimum absolute atomic E-state index is 0.0223. The number of methoxy groups -OCH3 is 1. The summed E-state index contributed by atoms with van der Waals surface area (Å²) in [7, 11) is 1.55. The van der Waals surface area contributed by atoms with Gasteiger partial charge in [-0.1, -0.05) is 11.6 Å². The number of carbonyl (C=O) groups excluding carboxylic acids is 2. The Morgan fingerprint density at radius 1 is 1.18 bits per heavy atom. The molecule has 0 radical (unpaired) electrons. The molecule has 2 aromatic carbocycles. The van der Waals surface area contributed by atoms with E-state index in [2.05, 4.69) is 0 Å². The Balaban J connectivity index is 1.99. The molecule has 22 heavy (non-hydrogen) atoms. The number of benzene rings is 2. The molecule has 0 saturated carbocycles. The van der Waals surface area contributed by atoms with Crippen LogP contribution in [0.3, 0.4) is 0 Å². The molecule has 1 aliphatic rings. The fraction of sp³-hybridized carbons (Fsp3) is 0.176. The molecule has 0 aliphatic carbocycles. The van der Waals surface area contributed by atoms with Crippen LogP contribution in [0.2, 0.25) is 5.02 Å². The lowest BCUT2D eigenvalue weighted by Crippen LogP contribution is -2.37. The molecule has 1 amide bonds. The van der Waals surface area contributed by atoms with E-state index in [1.54, 1.807) is 54.5 Å². The molecule has 1 heterocycles. The van der Waals surface area contributed by atoms with Gasteiger partial charge in [0, 0.05) is 29.1 Å². The predicted octanol–water partition coefficient (Wildman–Crippen LogP) is 3.58. The normalized spacial score (nSPS) is 13.7. The van der Waals surface area contributed by atoms with Gasteiger partial charge in [-0.15, -0.1) is 0 Å². The van der Waals surface area contributed by atoms with Crippen molar-refractivity contribution in [3.8, 4) is 5.75 Å². The molecule has 0 fully saturated rings. The van der Waals surface area contributed by atoms with Gasteiger partial charge >= 0.3 is 0 Å². The van der Waals surface area contributed by atoms with E-state index in [1.807, 2.05) is 0 Å². The number of nitrogens with zero attached hydrogens (tertiary/aromatic N) is 1. The van der Waals surface area contributed by atoms with Gasteiger partial charge in [-0.2, -0.15) is 0 Å². The number of carbonyl (C=O) groups is 2. The number of halogens is 1. The molecule has 0 atom stereocenters. The van der Waals surface area contributed by atoms with Gasteiger partial charge in [-0.3, -0.25) is 9.59 Å². The summed E-state index contributed by atoms with van der Waals surface area (Å²) in [5, 5.41) is 0.579. The van der Waals surface area contributed by atoms with Crippen LogP contribution in [-0.2, 0) is 0 Å². The lowest BCUT2D eigenvalue weighted by Gasteiger charge is -2.29. The minimum atomic E-state index is -0.143. The summed E-state index contributed by atoms with van der Waals surface area (Å²) in [6.45, 7) is 0.375. The van der Waals surface area contributed by atoms with E-state index < -0.39 is 0 Å². The third-order valence-electron chi connectivity index (χ3n) is 3.69. The molecule has 0 unspecified atom stereocenters. The summed E-state index contributed by atoms with van der Waals surface area (Å²) in [5.41, 5.74) is 1.69. The molecule has 1 aliphatic heterocycles. The van der Waals surface area contributed by atoms with Gasteiger partial charge in [0.05, 0.1) is 12.8 Å². The van der Waals surface area contributed by atoms with Crippen LogP contribution < -0.4 is 9.64 Å². The maximum atomic E-state index is 12.7. The number of rotatable bonds is 2. The van der Waals surface area contributed by atoms with Crippen LogP contribution in [0.4, 0.5) is 5.69 Å². The smallest absolute Gasteiger partial charge is 0.258 e. The van der Waals surface area contributed by atoms with Gasteiger partial charge in [0.25, 0.3) is 5.91 Å².